The van der Waals surface area contributed by atoms with E-state index in [1.165, 1.54) is 18.0 Å². The number of alkyl halides is 3. The first-order valence-electron chi connectivity index (χ1n) is 11.0. The van der Waals surface area contributed by atoms with Crippen molar-refractivity contribution in [3.05, 3.63) is 23.5 Å². The molecule has 5 fully saturated rings. The number of pyridine rings is 1. The molecule has 0 aromatic carbocycles. The van der Waals surface area contributed by atoms with Gasteiger partial charge in [-0.15, -0.1) is 0 Å². The number of aryl methyl sites for hydroxylation is 1. The van der Waals surface area contributed by atoms with Gasteiger partial charge in [-0.05, 0) is 62.6 Å². The van der Waals surface area contributed by atoms with Crippen molar-refractivity contribution in [2.45, 2.75) is 57.2 Å². The normalized spacial score (nSPS) is 34.2. The molecule has 1 saturated carbocycles. The lowest BCUT2D eigenvalue weighted by molar-refractivity contribution is -0.145. The molecule has 4 aliphatic heterocycles. The van der Waals surface area contributed by atoms with Gasteiger partial charge in [0.15, 0.2) is 0 Å². The first kappa shape index (κ1) is 22.9. The van der Waals surface area contributed by atoms with Gasteiger partial charge in [-0.1, -0.05) is 13.8 Å². The van der Waals surface area contributed by atoms with E-state index in [9.17, 15) is 18.0 Å². The first-order valence-corrected chi connectivity index (χ1v) is 11.8. The number of fused-ring (bicyclic) bond motifs is 2. The summed E-state index contributed by atoms with van der Waals surface area (Å²) >= 11 is 1.48. The molecule has 2 atom stereocenters. The average molecular weight is 458 g/mol. The largest absolute Gasteiger partial charge is 0.433 e. The molecule has 172 valence electrons. The fourth-order valence-electron chi connectivity index (χ4n) is 5.58. The van der Waals surface area contributed by atoms with Crippen molar-refractivity contribution in [3.8, 4) is 0 Å². The highest BCUT2D eigenvalue weighted by atomic mass is 32.2. The molecule has 1 aromatic rings. The first-order chi connectivity index (χ1) is 14.6. The quantitative estimate of drug-likeness (QED) is 0.630. The highest BCUT2D eigenvalue weighted by Crippen LogP contribution is 2.58. The summed E-state index contributed by atoms with van der Waals surface area (Å²) in [5.41, 5.74) is -0.835. The zero-order chi connectivity index (χ0) is 22.6. The zero-order valence-corrected chi connectivity index (χ0v) is 19.3. The van der Waals surface area contributed by atoms with Crippen molar-refractivity contribution in [3.63, 3.8) is 0 Å². The van der Waals surface area contributed by atoms with Crippen LogP contribution in [0.1, 0.15) is 45.0 Å². The fraction of sp³-hybridized carbons (Fsp3) is 0.727. The van der Waals surface area contributed by atoms with Gasteiger partial charge in [0.1, 0.15) is 5.69 Å². The van der Waals surface area contributed by atoms with Crippen molar-refractivity contribution in [1.82, 2.24) is 14.2 Å². The van der Waals surface area contributed by atoms with Crippen LogP contribution in [0.5, 0.6) is 0 Å². The van der Waals surface area contributed by atoms with Gasteiger partial charge < -0.3 is 9.64 Å². The third-order valence-corrected chi connectivity index (χ3v) is 8.05. The minimum atomic E-state index is -4.42. The van der Waals surface area contributed by atoms with Crippen LogP contribution in [0.15, 0.2) is 17.0 Å². The van der Waals surface area contributed by atoms with Gasteiger partial charge >= 0.3 is 6.18 Å². The molecule has 9 heteroatoms. The molecular formula is C22H30F3N3O2S. The number of aromatic nitrogens is 1. The number of likely N-dealkylation sites (tertiary alicyclic amines) is 1. The summed E-state index contributed by atoms with van der Waals surface area (Å²) in [4.78, 5) is 19.5. The number of nitrogens with zero attached hydrogens (tertiary/aromatic N) is 3. The summed E-state index contributed by atoms with van der Waals surface area (Å²) < 4.78 is 46.4. The van der Waals surface area contributed by atoms with E-state index >= 15 is 0 Å². The van der Waals surface area contributed by atoms with E-state index in [2.05, 4.69) is 16.2 Å². The van der Waals surface area contributed by atoms with Crippen molar-refractivity contribution in [2.24, 2.45) is 17.3 Å². The van der Waals surface area contributed by atoms with E-state index in [4.69, 9.17) is 4.74 Å². The third-order valence-electron chi connectivity index (χ3n) is 6.87. The minimum absolute atomic E-state index is 0.0910. The maximum Gasteiger partial charge on any atom is 0.433 e. The van der Waals surface area contributed by atoms with Gasteiger partial charge in [0.2, 0.25) is 5.91 Å². The Morgan fingerprint density at radius 2 is 1.77 bits per heavy atom. The van der Waals surface area contributed by atoms with Gasteiger partial charge in [0.05, 0.1) is 23.3 Å². The van der Waals surface area contributed by atoms with Crippen LogP contribution >= 0.6 is 11.9 Å². The molecular weight excluding hydrogens is 427 g/mol. The fourth-order valence-corrected chi connectivity index (χ4v) is 6.69. The summed E-state index contributed by atoms with van der Waals surface area (Å²) in [6.45, 7) is 11.5. The van der Waals surface area contributed by atoms with Crippen LogP contribution in [0.25, 0.3) is 0 Å². The molecule has 4 saturated heterocycles. The lowest BCUT2D eigenvalue weighted by atomic mass is 9.62. The number of rotatable bonds is 3. The summed E-state index contributed by atoms with van der Waals surface area (Å²) in [6, 6.07) is 2.55. The maximum absolute atomic E-state index is 13.0. The molecule has 0 spiro atoms. The number of hydrogen-bond donors (Lipinski definition) is 0. The number of carbonyl (C=O) groups is 1. The second-order valence-corrected chi connectivity index (χ2v) is 10.5. The van der Waals surface area contributed by atoms with Crippen LogP contribution in [-0.2, 0) is 15.7 Å². The Kier molecular flexibility index (Phi) is 5.84. The lowest BCUT2D eigenvalue weighted by Gasteiger charge is -2.43. The Morgan fingerprint density at radius 3 is 2.26 bits per heavy atom. The zero-order valence-electron chi connectivity index (χ0n) is 18.5. The van der Waals surface area contributed by atoms with E-state index < -0.39 is 11.9 Å². The number of hydrogen-bond acceptors (Lipinski definition) is 5. The van der Waals surface area contributed by atoms with Crippen molar-refractivity contribution >= 4 is 17.9 Å². The molecule has 2 bridgehead atoms. The molecule has 1 aliphatic carbocycles. The topological polar surface area (TPSA) is 45.7 Å². The molecule has 5 aliphatic rings. The molecule has 5 nitrogen and oxygen atoms in total. The van der Waals surface area contributed by atoms with Crippen molar-refractivity contribution < 1.29 is 22.7 Å². The molecule has 0 radical (unpaired) electrons. The highest BCUT2D eigenvalue weighted by molar-refractivity contribution is 7.97. The number of halogens is 3. The second kappa shape index (κ2) is 7.92. The Balaban J connectivity index is 0.00000112. The number of carbonyl (C=O) groups excluding carboxylic acids is 1. The molecule has 31 heavy (non-hydrogen) atoms. The van der Waals surface area contributed by atoms with Crippen LogP contribution < -0.4 is 0 Å². The van der Waals surface area contributed by atoms with Gasteiger partial charge in [0.25, 0.3) is 0 Å². The molecule has 2 unspecified atom stereocenters. The van der Waals surface area contributed by atoms with E-state index in [0.29, 0.717) is 24.1 Å². The highest BCUT2D eigenvalue weighted by Gasteiger charge is 2.65. The van der Waals surface area contributed by atoms with Crippen LogP contribution in [0.3, 0.4) is 0 Å². The van der Waals surface area contributed by atoms with Crippen LogP contribution in [0, 0.1) is 24.2 Å². The van der Waals surface area contributed by atoms with E-state index in [1.54, 1.807) is 6.92 Å². The summed E-state index contributed by atoms with van der Waals surface area (Å²) in [7, 11) is 0. The average Bonchev–Trinajstić information content (AvgIpc) is 3.41. The van der Waals surface area contributed by atoms with Gasteiger partial charge in [-0.2, -0.15) is 13.2 Å². The van der Waals surface area contributed by atoms with Crippen molar-refractivity contribution in [1.29, 1.82) is 0 Å². The molecule has 1 amide bonds. The minimum Gasteiger partial charge on any atom is -0.374 e. The SMILES string of the molecule is CC.Cc1nc(C(F)(F)F)ccc1SN1CC2CN(C(=O)C34COC(C)(C3)C4)CC2C1. The third kappa shape index (κ3) is 4.09. The summed E-state index contributed by atoms with van der Waals surface area (Å²) in [5.74, 6) is 1.09. The van der Waals surface area contributed by atoms with E-state index in [1.807, 2.05) is 18.7 Å². The maximum atomic E-state index is 13.0. The van der Waals surface area contributed by atoms with Gasteiger partial charge in [0, 0.05) is 31.1 Å². The summed E-state index contributed by atoms with van der Waals surface area (Å²) in [6.07, 6.45) is -2.74. The number of ether oxygens (including phenoxy) is 1. The predicted molar refractivity (Wildman–Crippen MR) is 112 cm³/mol. The number of amides is 1. The Labute approximate surface area is 185 Å². The molecule has 0 N–H and O–H groups in total. The lowest BCUT2D eigenvalue weighted by Crippen LogP contribution is -2.52. The van der Waals surface area contributed by atoms with Gasteiger partial charge in [-0.3, -0.25) is 4.79 Å². The van der Waals surface area contributed by atoms with Gasteiger partial charge in [-0.25, -0.2) is 9.29 Å². The monoisotopic (exact) mass is 457 g/mol. The Hall–Kier alpha value is -1.32. The molecule has 5 heterocycles. The van der Waals surface area contributed by atoms with Crippen molar-refractivity contribution in [2.75, 3.05) is 32.8 Å². The summed E-state index contributed by atoms with van der Waals surface area (Å²) in [5, 5.41) is 0. The van der Waals surface area contributed by atoms with Crippen LogP contribution in [0.4, 0.5) is 13.2 Å². The Morgan fingerprint density at radius 1 is 1.16 bits per heavy atom. The van der Waals surface area contributed by atoms with Crippen LogP contribution in [0.2, 0.25) is 0 Å². The second-order valence-electron chi connectivity index (χ2n) is 9.32. The Bertz CT molecular complexity index is 843. The van der Waals surface area contributed by atoms with E-state index in [-0.39, 0.29) is 16.9 Å². The molecule has 6 rings (SSSR count). The smallest absolute Gasteiger partial charge is 0.374 e. The molecule has 1 aromatic heterocycles. The van der Waals surface area contributed by atoms with Crippen LogP contribution in [-0.4, -0.2) is 58.5 Å². The van der Waals surface area contributed by atoms with E-state index in [0.717, 1.165) is 50.0 Å². The predicted octanol–water partition coefficient (Wildman–Crippen LogP) is 4.40. The standard InChI is InChI=1S/C20H24F3N3O2S.C2H6/c1-12-15(3-4-16(24-12)20(21,22)23)29-26-7-13-5-25(6-14(13)8-26)17(27)19-9-18(2,10-19)28-11-19;1-2/h3-4,13-14H,5-11H2,1-2H3;1-2H3.